The van der Waals surface area contributed by atoms with Crippen molar-refractivity contribution in [2.75, 3.05) is 11.9 Å². The van der Waals surface area contributed by atoms with Gasteiger partial charge in [0.1, 0.15) is 5.82 Å². The molecule has 18 heavy (non-hydrogen) atoms. The van der Waals surface area contributed by atoms with Gasteiger partial charge in [0.15, 0.2) is 0 Å². The van der Waals surface area contributed by atoms with Crippen molar-refractivity contribution in [3.05, 3.63) is 30.1 Å². The van der Waals surface area contributed by atoms with Crippen LogP contribution in [0.1, 0.15) is 13.8 Å². The van der Waals surface area contributed by atoms with Gasteiger partial charge in [-0.15, -0.1) is 0 Å². The Kier molecular flexibility index (Phi) is 4.42. The van der Waals surface area contributed by atoms with E-state index in [1.54, 1.807) is 6.07 Å². The lowest BCUT2D eigenvalue weighted by Crippen LogP contribution is -2.37. The van der Waals surface area contributed by atoms with Crippen LogP contribution in [0.3, 0.4) is 0 Å². The molecule has 1 rings (SSSR count). The normalized spacial score (nSPS) is 13.8. The standard InChI is InChI=1S/C13H16FNO3/c1-8(9(2)13(17)18)12(16)15(3)11-7-5-4-6-10(11)14/h4-9H,1-3H3,(H,17,18). The number of carboxylic acids is 1. The third-order valence-electron chi connectivity index (χ3n) is 3.07. The van der Waals surface area contributed by atoms with Crippen molar-refractivity contribution >= 4 is 17.6 Å². The first-order valence-electron chi connectivity index (χ1n) is 5.61. The zero-order chi connectivity index (χ0) is 13.9. The molecule has 0 radical (unpaired) electrons. The molecule has 0 aromatic heterocycles. The van der Waals surface area contributed by atoms with Crippen LogP contribution in [0.5, 0.6) is 0 Å². The molecular formula is C13H16FNO3. The molecule has 0 aliphatic heterocycles. The molecule has 98 valence electrons. The highest BCUT2D eigenvalue weighted by Gasteiger charge is 2.29. The summed E-state index contributed by atoms with van der Waals surface area (Å²) in [5, 5.41) is 8.86. The molecule has 0 heterocycles. The first-order valence-corrected chi connectivity index (χ1v) is 5.61. The van der Waals surface area contributed by atoms with Gasteiger partial charge in [-0.05, 0) is 12.1 Å². The van der Waals surface area contributed by atoms with Crippen molar-refractivity contribution in [1.82, 2.24) is 0 Å². The molecule has 2 unspecified atom stereocenters. The van der Waals surface area contributed by atoms with Crippen LogP contribution in [0.25, 0.3) is 0 Å². The summed E-state index contributed by atoms with van der Waals surface area (Å²) in [7, 11) is 1.44. The minimum Gasteiger partial charge on any atom is -0.481 e. The number of carboxylic acid groups (broad SMARTS) is 1. The lowest BCUT2D eigenvalue weighted by Gasteiger charge is -2.23. The van der Waals surface area contributed by atoms with E-state index in [0.717, 1.165) is 4.90 Å². The second-order valence-electron chi connectivity index (χ2n) is 4.26. The van der Waals surface area contributed by atoms with Crippen LogP contribution < -0.4 is 4.90 Å². The molecule has 0 bridgehead atoms. The monoisotopic (exact) mass is 253 g/mol. The fourth-order valence-electron chi connectivity index (χ4n) is 1.58. The molecule has 0 aliphatic rings. The molecule has 0 fully saturated rings. The first kappa shape index (κ1) is 14.2. The predicted octanol–water partition coefficient (Wildman–Crippen LogP) is 2.15. The van der Waals surface area contributed by atoms with Crippen molar-refractivity contribution in [3.8, 4) is 0 Å². The number of halogens is 1. The molecule has 5 heteroatoms. The van der Waals surface area contributed by atoms with Crippen LogP contribution in [0, 0.1) is 17.7 Å². The average molecular weight is 253 g/mol. The maximum Gasteiger partial charge on any atom is 0.307 e. The van der Waals surface area contributed by atoms with Crippen molar-refractivity contribution in [3.63, 3.8) is 0 Å². The van der Waals surface area contributed by atoms with Crippen molar-refractivity contribution in [2.45, 2.75) is 13.8 Å². The molecule has 1 aromatic rings. The first-order chi connectivity index (χ1) is 8.36. The third-order valence-corrected chi connectivity index (χ3v) is 3.07. The number of nitrogens with zero attached hydrogens (tertiary/aromatic N) is 1. The molecule has 2 atom stereocenters. The zero-order valence-electron chi connectivity index (χ0n) is 10.6. The van der Waals surface area contributed by atoms with E-state index in [2.05, 4.69) is 0 Å². The fraction of sp³-hybridized carbons (Fsp3) is 0.385. The quantitative estimate of drug-likeness (QED) is 0.894. The number of amides is 1. The van der Waals surface area contributed by atoms with Gasteiger partial charge in [-0.2, -0.15) is 0 Å². The molecule has 0 spiro atoms. The molecule has 1 aromatic carbocycles. The highest BCUT2D eigenvalue weighted by atomic mass is 19.1. The molecule has 1 amide bonds. The largest absolute Gasteiger partial charge is 0.481 e. The van der Waals surface area contributed by atoms with E-state index >= 15 is 0 Å². The number of carbonyl (C=O) groups is 2. The van der Waals surface area contributed by atoms with Gasteiger partial charge in [-0.3, -0.25) is 9.59 Å². The molecule has 0 saturated carbocycles. The number of carbonyl (C=O) groups excluding carboxylic acids is 1. The van der Waals surface area contributed by atoms with Gasteiger partial charge in [-0.25, -0.2) is 4.39 Å². The SMILES string of the molecule is CC(C(=O)O)C(C)C(=O)N(C)c1ccccc1F. The zero-order valence-corrected chi connectivity index (χ0v) is 10.6. The van der Waals surface area contributed by atoms with Gasteiger partial charge in [-0.1, -0.05) is 26.0 Å². The lowest BCUT2D eigenvalue weighted by molar-refractivity contribution is -0.145. The van der Waals surface area contributed by atoms with Crippen LogP contribution in [-0.4, -0.2) is 24.0 Å². The second-order valence-corrected chi connectivity index (χ2v) is 4.26. The van der Waals surface area contributed by atoms with Crippen molar-refractivity contribution in [1.29, 1.82) is 0 Å². The molecule has 4 nitrogen and oxygen atoms in total. The van der Waals surface area contributed by atoms with E-state index in [1.807, 2.05) is 0 Å². The molecule has 0 saturated heterocycles. The Morgan fingerprint density at radius 1 is 1.22 bits per heavy atom. The molecular weight excluding hydrogens is 237 g/mol. The Morgan fingerprint density at radius 3 is 2.28 bits per heavy atom. The Morgan fingerprint density at radius 2 is 1.78 bits per heavy atom. The number of rotatable bonds is 4. The smallest absolute Gasteiger partial charge is 0.307 e. The van der Waals surface area contributed by atoms with Gasteiger partial charge in [0.05, 0.1) is 11.6 Å². The average Bonchev–Trinajstić information content (AvgIpc) is 2.35. The van der Waals surface area contributed by atoms with E-state index in [1.165, 1.54) is 39.1 Å². The number of hydrogen-bond acceptors (Lipinski definition) is 2. The minimum absolute atomic E-state index is 0.145. The van der Waals surface area contributed by atoms with Gasteiger partial charge < -0.3 is 10.0 Å². The van der Waals surface area contributed by atoms with Crippen molar-refractivity contribution in [2.24, 2.45) is 11.8 Å². The van der Waals surface area contributed by atoms with Gasteiger partial charge in [0, 0.05) is 13.0 Å². The summed E-state index contributed by atoms with van der Waals surface area (Å²) in [6, 6.07) is 5.88. The Hall–Kier alpha value is -1.91. The highest BCUT2D eigenvalue weighted by Crippen LogP contribution is 2.21. The summed E-state index contributed by atoms with van der Waals surface area (Å²) < 4.78 is 13.5. The van der Waals surface area contributed by atoms with Crippen LogP contribution >= 0.6 is 0 Å². The lowest BCUT2D eigenvalue weighted by atomic mass is 9.94. The van der Waals surface area contributed by atoms with Crippen LogP contribution in [0.4, 0.5) is 10.1 Å². The summed E-state index contributed by atoms with van der Waals surface area (Å²) in [6.07, 6.45) is 0. The van der Waals surface area contributed by atoms with Gasteiger partial charge in [0.25, 0.3) is 0 Å². The highest BCUT2D eigenvalue weighted by molar-refractivity contribution is 5.96. The van der Waals surface area contributed by atoms with Crippen LogP contribution in [0.2, 0.25) is 0 Å². The summed E-state index contributed by atoms with van der Waals surface area (Å²) in [4.78, 5) is 24.0. The van der Waals surface area contributed by atoms with Crippen LogP contribution in [0.15, 0.2) is 24.3 Å². The Bertz CT molecular complexity index is 461. The van der Waals surface area contributed by atoms with E-state index < -0.39 is 29.5 Å². The van der Waals surface area contributed by atoms with E-state index in [0.29, 0.717) is 0 Å². The topological polar surface area (TPSA) is 57.6 Å². The summed E-state index contributed by atoms with van der Waals surface area (Å²) in [5.74, 6) is -3.50. The van der Waals surface area contributed by atoms with E-state index in [4.69, 9.17) is 5.11 Å². The Labute approximate surface area is 105 Å². The Balaban J connectivity index is 2.91. The molecule has 1 N–H and O–H groups in total. The number of benzene rings is 1. The summed E-state index contributed by atoms with van der Waals surface area (Å²) >= 11 is 0. The number of para-hydroxylation sites is 1. The predicted molar refractivity (Wildman–Crippen MR) is 65.8 cm³/mol. The number of hydrogen-bond donors (Lipinski definition) is 1. The van der Waals surface area contributed by atoms with Crippen molar-refractivity contribution < 1.29 is 19.1 Å². The maximum atomic E-state index is 13.5. The van der Waals surface area contributed by atoms with Crippen LogP contribution in [-0.2, 0) is 9.59 Å². The fourth-order valence-corrected chi connectivity index (χ4v) is 1.58. The number of aliphatic carboxylic acids is 1. The van der Waals surface area contributed by atoms with E-state index in [9.17, 15) is 14.0 Å². The van der Waals surface area contributed by atoms with Gasteiger partial charge in [0.2, 0.25) is 5.91 Å². The number of anilines is 1. The third kappa shape index (κ3) is 2.85. The summed E-state index contributed by atoms with van der Waals surface area (Å²) in [5.41, 5.74) is 0.145. The minimum atomic E-state index is -1.04. The molecule has 0 aliphatic carbocycles. The second kappa shape index (κ2) is 5.62. The van der Waals surface area contributed by atoms with E-state index in [-0.39, 0.29) is 5.69 Å². The van der Waals surface area contributed by atoms with Gasteiger partial charge >= 0.3 is 5.97 Å². The summed E-state index contributed by atoms with van der Waals surface area (Å²) in [6.45, 7) is 2.98. The maximum absolute atomic E-state index is 13.5.